The second-order valence-electron chi connectivity index (χ2n) is 6.07. The number of rotatable bonds is 9. The number of hydrogen-bond acceptors (Lipinski definition) is 4. The zero-order valence-electron chi connectivity index (χ0n) is 14.7. The first kappa shape index (κ1) is 18.6. The average molecular weight is 375 g/mol. The van der Waals surface area contributed by atoms with Gasteiger partial charge in [0.25, 0.3) is 0 Å². The number of benzene rings is 2. The summed E-state index contributed by atoms with van der Waals surface area (Å²) in [6, 6.07) is 15.3. The van der Waals surface area contributed by atoms with Crippen LogP contribution in [-0.4, -0.2) is 42.5 Å². The topological polar surface area (TPSA) is 66.5 Å². The first-order valence-corrected chi connectivity index (χ1v) is 8.99. The molecule has 1 aromatic heterocycles. The number of halogens is 1. The van der Waals surface area contributed by atoms with Gasteiger partial charge in [-0.05, 0) is 31.2 Å². The number of nitrogens with one attached hydrogen (secondary N) is 2. The van der Waals surface area contributed by atoms with Crippen LogP contribution in [0.3, 0.4) is 0 Å². The Bertz CT molecular complexity index is 836. The summed E-state index contributed by atoms with van der Waals surface area (Å²) in [6.45, 7) is 3.71. The SMILES string of the molecule is Cc1[nH]c2cccc(OC[C@H](O)CNCCOc3ccccc3)c2c1Cl. The molecule has 0 saturated heterocycles. The van der Waals surface area contributed by atoms with Crippen molar-refractivity contribution in [3.8, 4) is 11.5 Å². The van der Waals surface area contributed by atoms with Crippen LogP contribution in [0.5, 0.6) is 11.5 Å². The van der Waals surface area contributed by atoms with E-state index in [1.807, 2.05) is 55.5 Å². The van der Waals surface area contributed by atoms with Gasteiger partial charge in [0.1, 0.15) is 30.8 Å². The van der Waals surface area contributed by atoms with Crippen LogP contribution >= 0.6 is 11.6 Å². The van der Waals surface area contributed by atoms with E-state index in [1.165, 1.54) is 0 Å². The number of fused-ring (bicyclic) bond motifs is 1. The molecule has 2 aromatic carbocycles. The smallest absolute Gasteiger partial charge is 0.130 e. The lowest BCUT2D eigenvalue weighted by molar-refractivity contribution is 0.106. The fraction of sp³-hybridized carbons (Fsp3) is 0.300. The minimum absolute atomic E-state index is 0.187. The van der Waals surface area contributed by atoms with Gasteiger partial charge in [0.15, 0.2) is 0 Å². The molecular formula is C20H23ClN2O3. The van der Waals surface area contributed by atoms with E-state index >= 15 is 0 Å². The van der Waals surface area contributed by atoms with Gasteiger partial charge in [-0.25, -0.2) is 0 Å². The highest BCUT2D eigenvalue weighted by Gasteiger charge is 2.13. The van der Waals surface area contributed by atoms with Gasteiger partial charge in [-0.1, -0.05) is 35.9 Å². The molecule has 3 rings (SSSR count). The van der Waals surface area contributed by atoms with E-state index in [-0.39, 0.29) is 6.61 Å². The van der Waals surface area contributed by atoms with E-state index in [0.29, 0.717) is 30.5 Å². The number of aliphatic hydroxyl groups excluding tert-OH is 1. The summed E-state index contributed by atoms with van der Waals surface area (Å²) in [5.41, 5.74) is 1.83. The van der Waals surface area contributed by atoms with Gasteiger partial charge < -0.3 is 24.9 Å². The van der Waals surface area contributed by atoms with Crippen molar-refractivity contribution in [2.24, 2.45) is 0 Å². The molecule has 0 fully saturated rings. The molecule has 0 aliphatic carbocycles. The Kier molecular flexibility index (Phi) is 6.39. The van der Waals surface area contributed by atoms with Gasteiger partial charge in [0, 0.05) is 18.8 Å². The monoisotopic (exact) mass is 374 g/mol. The molecule has 3 aromatic rings. The molecule has 1 atom stereocenters. The summed E-state index contributed by atoms with van der Waals surface area (Å²) < 4.78 is 11.4. The van der Waals surface area contributed by atoms with Crippen LogP contribution in [0.15, 0.2) is 48.5 Å². The van der Waals surface area contributed by atoms with Gasteiger partial charge in [0.2, 0.25) is 0 Å². The summed E-state index contributed by atoms with van der Waals surface area (Å²) in [7, 11) is 0. The number of ether oxygens (including phenoxy) is 2. The quantitative estimate of drug-likeness (QED) is 0.501. The maximum atomic E-state index is 10.1. The largest absolute Gasteiger partial charge is 0.492 e. The van der Waals surface area contributed by atoms with E-state index in [2.05, 4.69) is 10.3 Å². The molecule has 1 heterocycles. The summed E-state index contributed by atoms with van der Waals surface area (Å²) in [6.07, 6.45) is -0.624. The van der Waals surface area contributed by atoms with Crippen molar-refractivity contribution in [3.05, 3.63) is 59.2 Å². The van der Waals surface area contributed by atoms with Crippen LogP contribution in [0.4, 0.5) is 0 Å². The molecule has 0 radical (unpaired) electrons. The molecule has 0 bridgehead atoms. The van der Waals surface area contributed by atoms with Gasteiger partial charge in [-0.2, -0.15) is 0 Å². The molecule has 5 nitrogen and oxygen atoms in total. The molecule has 3 N–H and O–H groups in total. The molecule has 0 unspecified atom stereocenters. The zero-order valence-corrected chi connectivity index (χ0v) is 15.4. The Hall–Kier alpha value is -2.21. The summed E-state index contributed by atoms with van der Waals surface area (Å²) in [5, 5.41) is 14.8. The first-order valence-electron chi connectivity index (χ1n) is 8.61. The Labute approximate surface area is 157 Å². The average Bonchev–Trinajstić information content (AvgIpc) is 2.95. The predicted molar refractivity (Wildman–Crippen MR) is 104 cm³/mol. The molecule has 6 heteroatoms. The number of aromatic nitrogens is 1. The second kappa shape index (κ2) is 8.94. The molecule has 0 aliphatic heterocycles. The number of para-hydroxylation sites is 1. The second-order valence-corrected chi connectivity index (χ2v) is 6.45. The van der Waals surface area contributed by atoms with Crippen LogP contribution < -0.4 is 14.8 Å². The van der Waals surface area contributed by atoms with E-state index in [9.17, 15) is 5.11 Å². The fourth-order valence-corrected chi connectivity index (χ4v) is 2.94. The van der Waals surface area contributed by atoms with Crippen molar-refractivity contribution in [3.63, 3.8) is 0 Å². The molecule has 0 amide bonds. The Morgan fingerprint density at radius 2 is 1.92 bits per heavy atom. The highest BCUT2D eigenvalue weighted by atomic mass is 35.5. The van der Waals surface area contributed by atoms with E-state index in [0.717, 1.165) is 22.3 Å². The van der Waals surface area contributed by atoms with E-state index in [1.54, 1.807) is 0 Å². The number of hydrogen-bond donors (Lipinski definition) is 3. The van der Waals surface area contributed by atoms with Crippen molar-refractivity contribution < 1.29 is 14.6 Å². The van der Waals surface area contributed by atoms with Gasteiger partial charge in [-0.3, -0.25) is 0 Å². The van der Waals surface area contributed by atoms with Crippen molar-refractivity contribution >= 4 is 22.5 Å². The number of aliphatic hydroxyl groups is 1. The molecular weight excluding hydrogens is 352 g/mol. The maximum Gasteiger partial charge on any atom is 0.130 e. The van der Waals surface area contributed by atoms with Gasteiger partial charge >= 0.3 is 0 Å². The lowest BCUT2D eigenvalue weighted by Gasteiger charge is -2.14. The van der Waals surface area contributed by atoms with Crippen molar-refractivity contribution in [1.29, 1.82) is 0 Å². The van der Waals surface area contributed by atoms with E-state index in [4.69, 9.17) is 21.1 Å². The fourth-order valence-electron chi connectivity index (χ4n) is 2.70. The van der Waals surface area contributed by atoms with Crippen molar-refractivity contribution in [2.75, 3.05) is 26.3 Å². The third-order valence-corrected chi connectivity index (χ3v) is 4.47. The molecule has 138 valence electrons. The summed E-state index contributed by atoms with van der Waals surface area (Å²) in [4.78, 5) is 3.22. The van der Waals surface area contributed by atoms with Crippen LogP contribution in [0.1, 0.15) is 5.69 Å². The van der Waals surface area contributed by atoms with Crippen LogP contribution in [-0.2, 0) is 0 Å². The highest BCUT2D eigenvalue weighted by molar-refractivity contribution is 6.37. The lowest BCUT2D eigenvalue weighted by atomic mass is 10.2. The number of H-pyrrole nitrogens is 1. The Morgan fingerprint density at radius 1 is 1.12 bits per heavy atom. The maximum absolute atomic E-state index is 10.1. The number of aromatic amines is 1. The Balaban J connectivity index is 1.41. The lowest BCUT2D eigenvalue weighted by Crippen LogP contribution is -2.33. The van der Waals surface area contributed by atoms with E-state index < -0.39 is 6.10 Å². The first-order chi connectivity index (χ1) is 12.6. The highest BCUT2D eigenvalue weighted by Crippen LogP contribution is 2.34. The molecule has 26 heavy (non-hydrogen) atoms. The summed E-state index contributed by atoms with van der Waals surface area (Å²) in [5.74, 6) is 1.51. The minimum Gasteiger partial charge on any atom is -0.492 e. The molecule has 0 spiro atoms. The van der Waals surface area contributed by atoms with Crippen LogP contribution in [0, 0.1) is 6.92 Å². The zero-order chi connectivity index (χ0) is 18.4. The van der Waals surface area contributed by atoms with Crippen LogP contribution in [0.25, 0.3) is 10.9 Å². The standard InChI is InChI=1S/C20H23ClN2O3/c1-14-20(21)19-17(23-14)8-5-9-18(19)26-13-15(24)12-22-10-11-25-16-6-3-2-4-7-16/h2-9,15,22-24H,10-13H2,1H3/t15-/m1/s1. The van der Waals surface area contributed by atoms with Gasteiger partial charge in [0.05, 0.1) is 15.9 Å². The molecule has 0 saturated carbocycles. The van der Waals surface area contributed by atoms with Crippen molar-refractivity contribution in [2.45, 2.75) is 13.0 Å². The van der Waals surface area contributed by atoms with Gasteiger partial charge in [-0.15, -0.1) is 0 Å². The normalized spacial score (nSPS) is 12.3. The predicted octanol–water partition coefficient (Wildman–Crippen LogP) is 3.54. The van der Waals surface area contributed by atoms with Crippen molar-refractivity contribution in [1.82, 2.24) is 10.3 Å². The Morgan fingerprint density at radius 3 is 2.73 bits per heavy atom. The third-order valence-electron chi connectivity index (χ3n) is 4.00. The number of aryl methyl sites for hydroxylation is 1. The summed E-state index contributed by atoms with van der Waals surface area (Å²) >= 11 is 6.33. The minimum atomic E-state index is -0.624. The molecule has 0 aliphatic rings. The van der Waals surface area contributed by atoms with Crippen LogP contribution in [0.2, 0.25) is 5.02 Å². The third kappa shape index (κ3) is 4.69.